The molecule has 2 aliphatic rings. The Balaban J connectivity index is 1.84. The highest BCUT2D eigenvalue weighted by molar-refractivity contribution is 6.39. The monoisotopic (exact) mass is 358 g/mol. The van der Waals surface area contributed by atoms with Crippen LogP contribution in [-0.2, 0) is 14.4 Å². The van der Waals surface area contributed by atoms with Crippen molar-refractivity contribution in [3.05, 3.63) is 11.8 Å². The van der Waals surface area contributed by atoms with Crippen LogP contribution >= 0.6 is 0 Å². The van der Waals surface area contributed by atoms with Crippen molar-refractivity contribution in [3.8, 4) is 0 Å². The lowest BCUT2D eigenvalue weighted by Crippen LogP contribution is -2.46. The number of aromatic nitrogens is 2. The van der Waals surface area contributed by atoms with E-state index in [9.17, 15) is 14.4 Å². The predicted octanol–water partition coefficient (Wildman–Crippen LogP) is 1.03. The molecule has 3 amide bonds. The molecule has 9 nitrogen and oxygen atoms in total. The van der Waals surface area contributed by atoms with Crippen molar-refractivity contribution in [2.24, 2.45) is 15.9 Å². The molecule has 0 bridgehead atoms. The van der Waals surface area contributed by atoms with Gasteiger partial charge in [0.1, 0.15) is 5.82 Å². The second kappa shape index (κ2) is 6.47. The van der Waals surface area contributed by atoms with Gasteiger partial charge in [-0.1, -0.05) is 0 Å². The van der Waals surface area contributed by atoms with Gasteiger partial charge in [0.15, 0.2) is 0 Å². The molecule has 138 valence electrons. The van der Waals surface area contributed by atoms with E-state index in [0.29, 0.717) is 5.69 Å². The lowest BCUT2D eigenvalue weighted by Gasteiger charge is -2.20. The van der Waals surface area contributed by atoms with Gasteiger partial charge in [0.2, 0.25) is 0 Å². The summed E-state index contributed by atoms with van der Waals surface area (Å²) in [7, 11) is 0. The molecule has 1 fully saturated rings. The molecule has 1 aliphatic heterocycles. The highest BCUT2D eigenvalue weighted by Gasteiger charge is 2.34. The molecule has 2 N–H and O–H groups in total. The molecule has 0 aromatic carbocycles. The Kier molecular flexibility index (Phi) is 4.47. The van der Waals surface area contributed by atoms with E-state index in [2.05, 4.69) is 25.7 Å². The van der Waals surface area contributed by atoms with E-state index in [1.165, 1.54) is 4.68 Å². The fourth-order valence-corrected chi connectivity index (χ4v) is 2.96. The maximum absolute atomic E-state index is 12.2. The Morgan fingerprint density at radius 1 is 1.23 bits per heavy atom. The van der Waals surface area contributed by atoms with Crippen molar-refractivity contribution < 1.29 is 14.4 Å². The number of hydrogen-bond acceptors (Lipinski definition) is 5. The molecule has 1 unspecified atom stereocenters. The van der Waals surface area contributed by atoms with Crippen LogP contribution in [0.2, 0.25) is 0 Å². The molecule has 1 aromatic heterocycles. The maximum Gasteiger partial charge on any atom is 0.314 e. The number of rotatable bonds is 1. The van der Waals surface area contributed by atoms with Crippen LogP contribution in [0.4, 0.5) is 5.82 Å². The van der Waals surface area contributed by atoms with E-state index in [-0.39, 0.29) is 23.6 Å². The van der Waals surface area contributed by atoms with E-state index in [0.717, 1.165) is 25.0 Å². The molecule has 0 spiro atoms. The van der Waals surface area contributed by atoms with Gasteiger partial charge in [-0.25, -0.2) is 4.99 Å². The third-order valence-corrected chi connectivity index (χ3v) is 4.04. The number of hydrogen-bond donors (Lipinski definition) is 2. The van der Waals surface area contributed by atoms with E-state index in [4.69, 9.17) is 0 Å². The Bertz CT molecular complexity index is 843. The Morgan fingerprint density at radius 2 is 1.96 bits per heavy atom. The first-order chi connectivity index (χ1) is 12.1. The van der Waals surface area contributed by atoms with Crippen LogP contribution in [0.15, 0.2) is 16.1 Å². The lowest BCUT2D eigenvalue weighted by atomic mass is 10.1. The third kappa shape index (κ3) is 3.71. The largest absolute Gasteiger partial charge is 0.343 e. The van der Waals surface area contributed by atoms with Crippen LogP contribution in [0.1, 0.15) is 45.7 Å². The fourth-order valence-electron chi connectivity index (χ4n) is 2.96. The molecule has 0 radical (unpaired) electrons. The number of nitrogens with zero attached hydrogens (tertiary/aromatic N) is 4. The highest BCUT2D eigenvalue weighted by Crippen LogP contribution is 2.27. The second-order valence-corrected chi connectivity index (χ2v) is 7.54. The average molecular weight is 358 g/mol. The van der Waals surface area contributed by atoms with Crippen LogP contribution in [-0.4, -0.2) is 44.7 Å². The van der Waals surface area contributed by atoms with Crippen LogP contribution in [0.3, 0.4) is 0 Å². The predicted molar refractivity (Wildman–Crippen MR) is 96.1 cm³/mol. The van der Waals surface area contributed by atoms with Gasteiger partial charge in [0.25, 0.3) is 11.9 Å². The standard InChI is InChI=1S/C17H22N6O3/c1-9-8-12(19-14(25)15(26)21-17(2,3)4)23(22-9)16-18-11-7-5-6-10(11)13(24)20-16/h8,10H,5-7H2,1-4H3,(H,19,25)(H,21,26). The highest BCUT2D eigenvalue weighted by atomic mass is 16.2. The van der Waals surface area contributed by atoms with E-state index < -0.39 is 17.4 Å². The normalized spacial score (nSPS) is 19.5. The quantitative estimate of drug-likeness (QED) is 0.729. The number of fused-ring (bicyclic) bond motifs is 1. The zero-order valence-electron chi connectivity index (χ0n) is 15.3. The van der Waals surface area contributed by atoms with Crippen molar-refractivity contribution in [1.29, 1.82) is 0 Å². The maximum atomic E-state index is 12.2. The molecule has 1 saturated carbocycles. The van der Waals surface area contributed by atoms with E-state index >= 15 is 0 Å². The molecule has 9 heteroatoms. The number of aryl methyl sites for hydroxylation is 1. The summed E-state index contributed by atoms with van der Waals surface area (Å²) in [5, 5.41) is 9.35. The summed E-state index contributed by atoms with van der Waals surface area (Å²) in [5.74, 6) is -1.70. The van der Waals surface area contributed by atoms with Crippen molar-refractivity contribution in [2.45, 2.75) is 52.5 Å². The molecule has 3 rings (SSSR count). The minimum absolute atomic E-state index is 0.114. The number of anilines is 1. The summed E-state index contributed by atoms with van der Waals surface area (Å²) in [4.78, 5) is 44.8. The molecular weight excluding hydrogens is 336 g/mol. The minimum atomic E-state index is -0.824. The first-order valence-electron chi connectivity index (χ1n) is 8.54. The van der Waals surface area contributed by atoms with Crippen LogP contribution in [0.25, 0.3) is 0 Å². The number of nitrogens with one attached hydrogen (secondary N) is 2. The van der Waals surface area contributed by atoms with Crippen LogP contribution in [0.5, 0.6) is 0 Å². The summed E-state index contributed by atoms with van der Waals surface area (Å²) < 4.78 is 1.29. The first-order valence-corrected chi connectivity index (χ1v) is 8.54. The lowest BCUT2D eigenvalue weighted by molar-refractivity contribution is -0.137. The molecule has 1 atom stereocenters. The molecule has 0 saturated heterocycles. The summed E-state index contributed by atoms with van der Waals surface area (Å²) in [6.07, 6.45) is 2.43. The van der Waals surface area contributed by atoms with Crippen molar-refractivity contribution in [3.63, 3.8) is 0 Å². The molecule has 26 heavy (non-hydrogen) atoms. The van der Waals surface area contributed by atoms with Gasteiger partial charge in [-0.15, -0.1) is 0 Å². The summed E-state index contributed by atoms with van der Waals surface area (Å²) in [6, 6.07) is 1.59. The minimum Gasteiger partial charge on any atom is -0.343 e. The molecule has 1 aliphatic carbocycles. The number of carbonyl (C=O) groups excluding carboxylic acids is 3. The zero-order chi connectivity index (χ0) is 19.1. The molecule has 2 heterocycles. The van der Waals surface area contributed by atoms with Gasteiger partial charge in [0.05, 0.1) is 11.6 Å². The first kappa shape index (κ1) is 18.0. The van der Waals surface area contributed by atoms with Gasteiger partial charge in [-0.2, -0.15) is 14.8 Å². The SMILES string of the molecule is Cc1cc(NC(=O)C(=O)NC(C)(C)C)n(C2=NC(=O)C3CCCC3=N2)n1. The molecule has 1 aromatic rings. The van der Waals surface area contributed by atoms with Gasteiger partial charge < -0.3 is 10.6 Å². The summed E-state index contributed by atoms with van der Waals surface area (Å²) in [6.45, 7) is 7.08. The fraction of sp³-hybridized carbons (Fsp3) is 0.529. The van der Waals surface area contributed by atoms with E-state index in [1.807, 2.05) is 0 Å². The Labute approximate surface area is 151 Å². The van der Waals surface area contributed by atoms with Gasteiger partial charge in [-0.3, -0.25) is 14.4 Å². The van der Waals surface area contributed by atoms with Gasteiger partial charge in [-0.05, 0) is 47.0 Å². The van der Waals surface area contributed by atoms with Crippen molar-refractivity contribution >= 4 is 35.2 Å². The Hall–Kier alpha value is -2.84. The molecular formula is C17H22N6O3. The summed E-state index contributed by atoms with van der Waals surface area (Å²) >= 11 is 0. The number of carbonyl (C=O) groups is 3. The van der Waals surface area contributed by atoms with Crippen LogP contribution < -0.4 is 10.6 Å². The third-order valence-electron chi connectivity index (χ3n) is 4.04. The number of aliphatic imine (C=N–C) groups is 2. The van der Waals surface area contributed by atoms with E-state index in [1.54, 1.807) is 33.8 Å². The van der Waals surface area contributed by atoms with Gasteiger partial charge >= 0.3 is 11.8 Å². The van der Waals surface area contributed by atoms with Gasteiger partial charge in [0, 0.05) is 17.3 Å². The second-order valence-electron chi connectivity index (χ2n) is 7.54. The summed E-state index contributed by atoms with van der Waals surface area (Å²) in [5.41, 5.74) is 0.866. The zero-order valence-corrected chi connectivity index (χ0v) is 15.3. The van der Waals surface area contributed by atoms with Crippen molar-refractivity contribution in [2.75, 3.05) is 5.32 Å². The van der Waals surface area contributed by atoms with Crippen LogP contribution in [0, 0.1) is 12.8 Å². The van der Waals surface area contributed by atoms with Crippen molar-refractivity contribution in [1.82, 2.24) is 15.1 Å². The smallest absolute Gasteiger partial charge is 0.314 e. The topological polar surface area (TPSA) is 118 Å². The average Bonchev–Trinajstić information content (AvgIpc) is 3.12. The Morgan fingerprint density at radius 3 is 2.65 bits per heavy atom. The number of amides is 3.